The molecule has 1 aromatic rings. The van der Waals surface area contributed by atoms with Gasteiger partial charge in [0.05, 0.1) is 6.10 Å². The second-order valence-corrected chi connectivity index (χ2v) is 5.21. The van der Waals surface area contributed by atoms with Crippen LogP contribution in [0.4, 0.5) is 39.5 Å². The molecule has 11 heteroatoms. The van der Waals surface area contributed by atoms with Crippen LogP contribution in [0.1, 0.15) is 35.4 Å². The first kappa shape index (κ1) is 21.3. The molecule has 0 bridgehead atoms. The number of rotatable bonds is 6. The molecule has 0 fully saturated rings. The first-order valence-corrected chi connectivity index (χ1v) is 6.54. The number of aliphatic hydroxyl groups excluding tert-OH is 1. The number of ketones is 1. The van der Waals surface area contributed by atoms with E-state index in [2.05, 4.69) is 0 Å². The van der Waals surface area contributed by atoms with Crippen LogP contribution in [0, 0.1) is 0 Å². The summed E-state index contributed by atoms with van der Waals surface area (Å²) in [7, 11) is 0. The van der Waals surface area contributed by atoms with Crippen molar-refractivity contribution in [1.82, 2.24) is 0 Å². The van der Waals surface area contributed by atoms with Crippen LogP contribution in [0.3, 0.4) is 0 Å². The molecule has 1 unspecified atom stereocenters. The Hall–Kier alpha value is -1.78. The Morgan fingerprint density at radius 2 is 1.44 bits per heavy atom. The molecule has 0 aliphatic heterocycles. The van der Waals surface area contributed by atoms with Crippen molar-refractivity contribution in [3.05, 3.63) is 35.4 Å². The zero-order chi connectivity index (χ0) is 19.8. The molecule has 0 aliphatic carbocycles. The second kappa shape index (κ2) is 6.50. The molecular weight excluding hydrogens is 371 g/mol. The van der Waals surface area contributed by atoms with Crippen LogP contribution >= 0.6 is 0 Å². The van der Waals surface area contributed by atoms with Crippen molar-refractivity contribution in [2.75, 3.05) is 0 Å². The number of hydrogen-bond donors (Lipinski definition) is 1. The van der Waals surface area contributed by atoms with Crippen LogP contribution in [-0.2, 0) is 0 Å². The number of alkyl halides is 9. The standard InChI is InChI=1S/C14H11F9O2/c1-7(24)8-4-2-3-5-9(8)10(25)6-11(15,16)12(17,18)13(19,20)14(21,22)23/h2-5,10,25H,6H2,1H3. The Morgan fingerprint density at radius 1 is 0.960 bits per heavy atom. The van der Waals surface area contributed by atoms with Gasteiger partial charge in [0.1, 0.15) is 0 Å². The van der Waals surface area contributed by atoms with Crippen LogP contribution in [0.15, 0.2) is 24.3 Å². The molecule has 0 heterocycles. The fourth-order valence-electron chi connectivity index (χ4n) is 2.00. The first-order chi connectivity index (χ1) is 11.1. The van der Waals surface area contributed by atoms with Crippen LogP contribution < -0.4 is 0 Å². The van der Waals surface area contributed by atoms with E-state index in [0.29, 0.717) is 0 Å². The van der Waals surface area contributed by atoms with Crippen LogP contribution in [-0.4, -0.2) is 34.8 Å². The second-order valence-electron chi connectivity index (χ2n) is 5.21. The summed E-state index contributed by atoms with van der Waals surface area (Å²) in [6.07, 6.45) is -12.0. The number of aliphatic hydroxyl groups is 1. The Bertz CT molecular complexity index is 637. The van der Waals surface area contributed by atoms with E-state index < -0.39 is 47.8 Å². The highest BCUT2D eigenvalue weighted by Gasteiger charge is 2.81. The van der Waals surface area contributed by atoms with E-state index in [0.717, 1.165) is 25.1 Å². The highest BCUT2D eigenvalue weighted by Crippen LogP contribution is 2.55. The Labute approximate surface area is 135 Å². The normalized spacial score (nSPS) is 15.2. The molecule has 0 aromatic heterocycles. The summed E-state index contributed by atoms with van der Waals surface area (Å²) in [5, 5.41) is 9.63. The molecule has 0 spiro atoms. The van der Waals surface area contributed by atoms with Gasteiger partial charge in [-0.2, -0.15) is 39.5 Å². The predicted octanol–water partition coefficient (Wildman–Crippen LogP) is 4.78. The van der Waals surface area contributed by atoms with E-state index in [1.54, 1.807) is 0 Å². The molecule has 1 aromatic carbocycles. The van der Waals surface area contributed by atoms with Gasteiger partial charge in [0.25, 0.3) is 0 Å². The molecule has 0 amide bonds. The van der Waals surface area contributed by atoms with Gasteiger partial charge in [-0.25, -0.2) is 0 Å². The summed E-state index contributed by atoms with van der Waals surface area (Å²) >= 11 is 0. The molecule has 142 valence electrons. The average Bonchev–Trinajstić information content (AvgIpc) is 2.45. The fraction of sp³-hybridized carbons (Fsp3) is 0.500. The van der Waals surface area contributed by atoms with Crippen molar-refractivity contribution >= 4 is 5.78 Å². The van der Waals surface area contributed by atoms with Gasteiger partial charge >= 0.3 is 23.9 Å². The van der Waals surface area contributed by atoms with Crippen molar-refractivity contribution < 1.29 is 49.4 Å². The van der Waals surface area contributed by atoms with Crippen molar-refractivity contribution in [1.29, 1.82) is 0 Å². The minimum absolute atomic E-state index is 0.364. The van der Waals surface area contributed by atoms with E-state index >= 15 is 0 Å². The zero-order valence-corrected chi connectivity index (χ0v) is 12.4. The van der Waals surface area contributed by atoms with E-state index in [4.69, 9.17) is 0 Å². The van der Waals surface area contributed by atoms with Gasteiger partial charge in [0.2, 0.25) is 0 Å². The van der Waals surface area contributed by atoms with E-state index in [1.165, 1.54) is 6.07 Å². The van der Waals surface area contributed by atoms with E-state index in [-0.39, 0.29) is 5.56 Å². The maximum Gasteiger partial charge on any atom is 0.460 e. The molecule has 2 nitrogen and oxygen atoms in total. The lowest BCUT2D eigenvalue weighted by atomic mass is 9.92. The van der Waals surface area contributed by atoms with Crippen molar-refractivity contribution in [2.24, 2.45) is 0 Å². The number of hydrogen-bond acceptors (Lipinski definition) is 2. The maximum absolute atomic E-state index is 13.5. The summed E-state index contributed by atoms with van der Waals surface area (Å²) in [4.78, 5) is 11.3. The lowest BCUT2D eigenvalue weighted by molar-refractivity contribution is -0.398. The summed E-state index contributed by atoms with van der Waals surface area (Å²) in [5.41, 5.74) is -0.961. The molecule has 0 saturated carbocycles. The van der Waals surface area contributed by atoms with Crippen molar-refractivity contribution in [3.8, 4) is 0 Å². The van der Waals surface area contributed by atoms with Crippen molar-refractivity contribution in [3.63, 3.8) is 0 Å². The molecular formula is C14H11F9O2. The van der Waals surface area contributed by atoms with E-state index in [1.807, 2.05) is 0 Å². The summed E-state index contributed by atoms with van der Waals surface area (Å²) < 4.78 is 115. The molecule has 0 aliphatic rings. The van der Waals surface area contributed by atoms with Gasteiger partial charge in [0, 0.05) is 12.0 Å². The zero-order valence-electron chi connectivity index (χ0n) is 12.4. The number of carbonyl (C=O) groups is 1. The molecule has 25 heavy (non-hydrogen) atoms. The Balaban J connectivity index is 3.22. The highest BCUT2D eigenvalue weighted by atomic mass is 19.4. The highest BCUT2D eigenvalue weighted by molar-refractivity contribution is 5.95. The smallest absolute Gasteiger partial charge is 0.388 e. The minimum atomic E-state index is -7.02. The Kier molecular flexibility index (Phi) is 5.53. The van der Waals surface area contributed by atoms with E-state index in [9.17, 15) is 49.4 Å². The number of halogens is 9. The summed E-state index contributed by atoms with van der Waals surface area (Å²) in [5.74, 6) is -20.5. The minimum Gasteiger partial charge on any atom is -0.388 e. The quantitative estimate of drug-likeness (QED) is 0.568. The van der Waals surface area contributed by atoms with Crippen molar-refractivity contribution in [2.45, 2.75) is 43.4 Å². The molecule has 1 rings (SSSR count). The fourth-order valence-corrected chi connectivity index (χ4v) is 2.00. The monoisotopic (exact) mass is 382 g/mol. The van der Waals surface area contributed by atoms with Crippen LogP contribution in [0.5, 0.6) is 0 Å². The summed E-state index contributed by atoms with van der Waals surface area (Å²) in [6, 6.07) is 4.31. The lowest BCUT2D eigenvalue weighted by Crippen LogP contribution is -2.61. The van der Waals surface area contributed by atoms with Gasteiger partial charge in [-0.15, -0.1) is 0 Å². The Morgan fingerprint density at radius 3 is 1.88 bits per heavy atom. The summed E-state index contributed by atoms with van der Waals surface area (Å²) in [6.45, 7) is 0.954. The molecule has 0 saturated heterocycles. The van der Waals surface area contributed by atoms with Crippen LogP contribution in [0.25, 0.3) is 0 Å². The van der Waals surface area contributed by atoms with Gasteiger partial charge in [-0.05, 0) is 12.5 Å². The predicted molar refractivity (Wildman–Crippen MR) is 66.9 cm³/mol. The third kappa shape index (κ3) is 3.75. The number of benzene rings is 1. The molecule has 1 N–H and O–H groups in total. The third-order valence-electron chi connectivity index (χ3n) is 3.36. The van der Waals surface area contributed by atoms with Gasteiger partial charge < -0.3 is 5.11 Å². The number of carbonyl (C=O) groups excluding carboxylic acids is 1. The third-order valence-corrected chi connectivity index (χ3v) is 3.36. The van der Waals surface area contributed by atoms with Gasteiger partial charge in [-0.1, -0.05) is 24.3 Å². The first-order valence-electron chi connectivity index (χ1n) is 6.54. The molecule has 1 atom stereocenters. The van der Waals surface area contributed by atoms with Gasteiger partial charge in [0.15, 0.2) is 5.78 Å². The maximum atomic E-state index is 13.5. The lowest BCUT2D eigenvalue weighted by Gasteiger charge is -2.34. The number of Topliss-reactive ketones (excluding diaryl/α,β-unsaturated/α-hetero) is 1. The molecule has 0 radical (unpaired) electrons. The SMILES string of the molecule is CC(=O)c1ccccc1C(O)CC(F)(F)C(F)(F)C(F)(F)C(F)(F)F. The average molecular weight is 382 g/mol. The topological polar surface area (TPSA) is 37.3 Å². The van der Waals surface area contributed by atoms with Gasteiger partial charge in [-0.3, -0.25) is 4.79 Å². The van der Waals surface area contributed by atoms with Crippen LogP contribution in [0.2, 0.25) is 0 Å². The largest absolute Gasteiger partial charge is 0.460 e.